The van der Waals surface area contributed by atoms with Gasteiger partial charge in [-0.3, -0.25) is 4.90 Å². The number of hydrogen-bond donors (Lipinski definition) is 2. The molecule has 2 aromatic carbocycles. The number of hydrogen-bond acceptors (Lipinski definition) is 5. The second-order valence-electron chi connectivity index (χ2n) is 7.99. The van der Waals surface area contributed by atoms with Crippen LogP contribution >= 0.6 is 0 Å². The summed E-state index contributed by atoms with van der Waals surface area (Å²) < 4.78 is 11.2. The maximum Gasteiger partial charge on any atom is 0.319 e. The molecule has 2 amide bonds. The Labute approximate surface area is 184 Å². The molecule has 1 atom stereocenters. The Hall–Kier alpha value is -2.77. The van der Waals surface area contributed by atoms with Crippen molar-refractivity contribution in [2.24, 2.45) is 0 Å². The molecule has 0 spiro atoms. The van der Waals surface area contributed by atoms with E-state index in [2.05, 4.69) is 45.7 Å². The van der Waals surface area contributed by atoms with Gasteiger partial charge in [-0.1, -0.05) is 24.3 Å². The first-order chi connectivity index (χ1) is 15.2. The molecule has 4 rings (SSSR count). The van der Waals surface area contributed by atoms with Gasteiger partial charge in [0.1, 0.15) is 5.75 Å². The lowest BCUT2D eigenvalue weighted by Crippen LogP contribution is -2.44. The average molecular weight is 425 g/mol. The van der Waals surface area contributed by atoms with Crippen molar-refractivity contribution in [2.75, 3.05) is 63.3 Å². The van der Waals surface area contributed by atoms with Crippen LogP contribution in [0.5, 0.6) is 5.75 Å². The molecular weight excluding hydrogens is 392 g/mol. The van der Waals surface area contributed by atoms with Crippen LogP contribution < -0.4 is 20.3 Å². The maximum atomic E-state index is 12.7. The van der Waals surface area contributed by atoms with Crippen molar-refractivity contribution < 1.29 is 14.3 Å². The van der Waals surface area contributed by atoms with E-state index in [0.29, 0.717) is 24.6 Å². The van der Waals surface area contributed by atoms with Crippen LogP contribution in [0.15, 0.2) is 42.5 Å². The second kappa shape index (κ2) is 10.0. The van der Waals surface area contributed by atoms with E-state index in [-0.39, 0.29) is 12.1 Å². The van der Waals surface area contributed by atoms with Crippen LogP contribution in [0, 0.1) is 0 Å². The fourth-order valence-electron chi connectivity index (χ4n) is 4.35. The third-order valence-corrected chi connectivity index (χ3v) is 5.99. The molecule has 2 N–H and O–H groups in total. The molecular formula is C24H32N4O3. The Morgan fingerprint density at radius 1 is 1.16 bits per heavy atom. The van der Waals surface area contributed by atoms with Gasteiger partial charge >= 0.3 is 6.03 Å². The summed E-state index contributed by atoms with van der Waals surface area (Å²) >= 11 is 0. The molecule has 0 radical (unpaired) electrons. The molecule has 1 fully saturated rings. The van der Waals surface area contributed by atoms with E-state index in [1.165, 1.54) is 16.8 Å². The molecule has 166 valence electrons. The van der Waals surface area contributed by atoms with Crippen molar-refractivity contribution in [3.63, 3.8) is 0 Å². The van der Waals surface area contributed by atoms with E-state index in [4.69, 9.17) is 9.47 Å². The first kappa shape index (κ1) is 21.5. The van der Waals surface area contributed by atoms with Gasteiger partial charge in [-0.25, -0.2) is 4.79 Å². The largest absolute Gasteiger partial charge is 0.492 e. The Morgan fingerprint density at radius 3 is 2.77 bits per heavy atom. The molecule has 2 aliphatic rings. The number of rotatable bonds is 7. The van der Waals surface area contributed by atoms with E-state index in [0.717, 1.165) is 39.3 Å². The van der Waals surface area contributed by atoms with Gasteiger partial charge in [0.25, 0.3) is 0 Å². The lowest BCUT2D eigenvalue weighted by atomic mass is 10.0. The first-order valence-electron chi connectivity index (χ1n) is 11.1. The number of likely N-dealkylation sites (N-methyl/N-ethyl adjacent to an activating group) is 1. The number of amides is 2. The van der Waals surface area contributed by atoms with Gasteiger partial charge in [-0.05, 0) is 42.7 Å². The van der Waals surface area contributed by atoms with Crippen molar-refractivity contribution in [3.8, 4) is 5.75 Å². The summed E-state index contributed by atoms with van der Waals surface area (Å²) in [6.45, 7) is 7.22. The number of benzene rings is 2. The van der Waals surface area contributed by atoms with E-state index in [1.807, 2.05) is 31.2 Å². The summed E-state index contributed by atoms with van der Waals surface area (Å²) in [6.07, 6.45) is 1.07. The van der Waals surface area contributed by atoms with Crippen LogP contribution in [0.25, 0.3) is 0 Å². The zero-order valence-corrected chi connectivity index (χ0v) is 18.4. The molecule has 2 aromatic rings. The van der Waals surface area contributed by atoms with E-state index >= 15 is 0 Å². The highest BCUT2D eigenvalue weighted by Crippen LogP contribution is 2.31. The SMILES string of the molecule is CCOc1ccccc1NC(=O)NC[C@@H](c1ccc2c(c1)CCN2C)N1CCOCC1. The number of fused-ring (bicyclic) bond motifs is 1. The third kappa shape index (κ3) is 5.11. The number of anilines is 2. The number of nitrogens with zero attached hydrogens (tertiary/aromatic N) is 2. The van der Waals surface area contributed by atoms with Crippen LogP contribution in [-0.4, -0.2) is 64.0 Å². The first-order valence-corrected chi connectivity index (χ1v) is 11.1. The van der Waals surface area contributed by atoms with Crippen LogP contribution in [0.1, 0.15) is 24.1 Å². The fraction of sp³-hybridized carbons (Fsp3) is 0.458. The molecule has 7 nitrogen and oxygen atoms in total. The van der Waals surface area contributed by atoms with Crippen molar-refractivity contribution >= 4 is 17.4 Å². The summed E-state index contributed by atoms with van der Waals surface area (Å²) in [5, 5.41) is 6.00. The van der Waals surface area contributed by atoms with Gasteiger partial charge in [0.05, 0.1) is 31.5 Å². The van der Waals surface area contributed by atoms with Crippen molar-refractivity contribution in [3.05, 3.63) is 53.6 Å². The smallest absolute Gasteiger partial charge is 0.319 e. The summed E-state index contributed by atoms with van der Waals surface area (Å²) in [4.78, 5) is 17.4. The van der Waals surface area contributed by atoms with E-state index < -0.39 is 0 Å². The minimum absolute atomic E-state index is 0.105. The highest BCUT2D eigenvalue weighted by molar-refractivity contribution is 5.90. The van der Waals surface area contributed by atoms with Gasteiger partial charge in [-0.15, -0.1) is 0 Å². The van der Waals surface area contributed by atoms with Gasteiger partial charge in [0, 0.05) is 38.9 Å². The summed E-state index contributed by atoms with van der Waals surface area (Å²) in [6, 6.07) is 14.1. The molecule has 0 saturated carbocycles. The standard InChI is InChI=1S/C24H32N4O3/c1-3-31-23-7-5-4-6-20(23)26-24(29)25-17-22(28-12-14-30-15-13-28)18-8-9-21-19(16-18)10-11-27(21)2/h4-9,16,22H,3,10-15,17H2,1-2H3,(H2,25,26,29)/t22-/m0/s1. The number of ether oxygens (including phenoxy) is 2. The Bertz CT molecular complexity index is 898. The van der Waals surface area contributed by atoms with Gasteiger partial charge in [0.15, 0.2) is 0 Å². The number of nitrogens with one attached hydrogen (secondary N) is 2. The number of carbonyl (C=O) groups excluding carboxylic acids is 1. The summed E-state index contributed by atoms with van der Waals surface area (Å²) in [7, 11) is 2.14. The number of urea groups is 1. The minimum Gasteiger partial charge on any atom is -0.492 e. The Kier molecular flexibility index (Phi) is 6.94. The van der Waals surface area contributed by atoms with Crippen LogP contribution in [0.2, 0.25) is 0 Å². The Morgan fingerprint density at radius 2 is 1.97 bits per heavy atom. The Balaban J connectivity index is 1.46. The molecule has 0 unspecified atom stereocenters. The molecule has 31 heavy (non-hydrogen) atoms. The lowest BCUT2D eigenvalue weighted by molar-refractivity contribution is 0.0168. The van der Waals surface area contributed by atoms with Gasteiger partial charge in [-0.2, -0.15) is 0 Å². The maximum absolute atomic E-state index is 12.7. The van der Waals surface area contributed by atoms with Crippen molar-refractivity contribution in [1.82, 2.24) is 10.2 Å². The number of para-hydroxylation sites is 2. The number of carbonyl (C=O) groups is 1. The third-order valence-electron chi connectivity index (χ3n) is 5.99. The van der Waals surface area contributed by atoms with Gasteiger partial charge < -0.3 is 25.0 Å². The van der Waals surface area contributed by atoms with Crippen molar-refractivity contribution in [2.45, 2.75) is 19.4 Å². The molecule has 1 saturated heterocycles. The van der Waals surface area contributed by atoms with Gasteiger partial charge in [0.2, 0.25) is 0 Å². The predicted molar refractivity (Wildman–Crippen MR) is 123 cm³/mol. The lowest BCUT2D eigenvalue weighted by Gasteiger charge is -2.35. The van der Waals surface area contributed by atoms with Crippen LogP contribution in [-0.2, 0) is 11.2 Å². The van der Waals surface area contributed by atoms with E-state index in [9.17, 15) is 4.79 Å². The van der Waals surface area contributed by atoms with Crippen LogP contribution in [0.4, 0.5) is 16.2 Å². The molecule has 7 heteroatoms. The zero-order valence-electron chi connectivity index (χ0n) is 18.4. The molecule has 0 bridgehead atoms. The van der Waals surface area contributed by atoms with Crippen LogP contribution in [0.3, 0.4) is 0 Å². The topological polar surface area (TPSA) is 66.1 Å². The highest BCUT2D eigenvalue weighted by Gasteiger charge is 2.25. The molecule has 2 aliphatic heterocycles. The minimum atomic E-state index is -0.230. The zero-order chi connectivity index (χ0) is 21.6. The molecule has 2 heterocycles. The predicted octanol–water partition coefficient (Wildman–Crippen LogP) is 3.27. The fourth-order valence-corrected chi connectivity index (χ4v) is 4.35. The highest BCUT2D eigenvalue weighted by atomic mass is 16.5. The monoisotopic (exact) mass is 424 g/mol. The normalized spacial score (nSPS) is 17.2. The number of morpholine rings is 1. The average Bonchev–Trinajstić information content (AvgIpc) is 3.16. The molecule has 0 aliphatic carbocycles. The summed E-state index contributed by atoms with van der Waals surface area (Å²) in [5.41, 5.74) is 4.60. The van der Waals surface area contributed by atoms with E-state index in [1.54, 1.807) is 0 Å². The van der Waals surface area contributed by atoms with Crippen molar-refractivity contribution in [1.29, 1.82) is 0 Å². The second-order valence-corrected chi connectivity index (χ2v) is 7.99. The summed E-state index contributed by atoms with van der Waals surface area (Å²) in [5.74, 6) is 0.674. The molecule has 0 aromatic heterocycles. The quantitative estimate of drug-likeness (QED) is 0.714.